The molecule has 4 aliphatic rings. The third-order valence-corrected chi connectivity index (χ3v) is 11.1. The SMILES string of the molecule is Cc1cc(C2CCN(C3CC4(C3)CN(CC3CC3)C4)CC2)cc2c1nc(-c1ccc(S(C)(=O)=O)cc1)n2C. The molecule has 0 atom stereocenters. The molecule has 2 saturated carbocycles. The zero-order valence-electron chi connectivity index (χ0n) is 23.0. The number of nitrogens with zero attached hydrogens (tertiary/aromatic N) is 4. The molecule has 7 rings (SSSR count). The average molecular weight is 533 g/mol. The highest BCUT2D eigenvalue weighted by Crippen LogP contribution is 2.52. The molecule has 0 N–H and O–H groups in total. The van der Waals surface area contributed by atoms with E-state index >= 15 is 0 Å². The van der Waals surface area contributed by atoms with Gasteiger partial charge >= 0.3 is 0 Å². The Morgan fingerprint density at radius 3 is 2.32 bits per heavy atom. The number of hydrogen-bond donors (Lipinski definition) is 0. The minimum Gasteiger partial charge on any atom is -0.327 e. The van der Waals surface area contributed by atoms with Crippen LogP contribution in [0.5, 0.6) is 0 Å². The third-order valence-electron chi connectivity index (χ3n) is 9.93. The molecule has 1 aromatic heterocycles. The summed E-state index contributed by atoms with van der Waals surface area (Å²) in [4.78, 5) is 10.8. The maximum atomic E-state index is 11.9. The molecule has 2 saturated heterocycles. The fraction of sp³-hybridized carbons (Fsp3) is 0.581. The number of sulfone groups is 1. The van der Waals surface area contributed by atoms with Crippen molar-refractivity contribution in [2.75, 3.05) is 39.0 Å². The van der Waals surface area contributed by atoms with Gasteiger partial charge in [0.15, 0.2) is 9.84 Å². The van der Waals surface area contributed by atoms with Gasteiger partial charge in [0.25, 0.3) is 0 Å². The number of piperidine rings is 1. The lowest BCUT2D eigenvalue weighted by atomic mass is 9.60. The van der Waals surface area contributed by atoms with Crippen LogP contribution in [0, 0.1) is 18.3 Å². The van der Waals surface area contributed by atoms with E-state index < -0.39 is 9.84 Å². The van der Waals surface area contributed by atoms with Crippen LogP contribution in [0.4, 0.5) is 0 Å². The van der Waals surface area contributed by atoms with Crippen molar-refractivity contribution in [1.29, 1.82) is 0 Å². The standard InChI is InChI=1S/C31H40N4O2S/c1-21-14-25(15-28-29(21)32-30(33(28)2)24-6-8-27(9-7-24)38(3,36)37)23-10-12-35(13-11-23)26-16-31(17-26)19-34(20-31)18-22-4-5-22/h6-9,14-15,22-23,26H,4-5,10-13,16-20H2,1-3H3. The van der Waals surface area contributed by atoms with Gasteiger partial charge in [0, 0.05) is 44.5 Å². The maximum Gasteiger partial charge on any atom is 0.175 e. The molecular formula is C31H40N4O2S. The Morgan fingerprint density at radius 2 is 1.68 bits per heavy atom. The van der Waals surface area contributed by atoms with Crippen LogP contribution in [0.25, 0.3) is 22.4 Å². The summed E-state index contributed by atoms with van der Waals surface area (Å²) in [6, 6.07) is 12.6. The number of fused-ring (bicyclic) bond motifs is 1. The quantitative estimate of drug-likeness (QED) is 0.447. The summed E-state index contributed by atoms with van der Waals surface area (Å²) < 4.78 is 25.9. The second-order valence-corrected chi connectivity index (χ2v) is 15.0. The van der Waals surface area contributed by atoms with E-state index in [1.54, 1.807) is 12.1 Å². The van der Waals surface area contributed by atoms with Crippen LogP contribution in [0.2, 0.25) is 0 Å². The highest BCUT2D eigenvalue weighted by molar-refractivity contribution is 7.90. The molecule has 3 aromatic rings. The van der Waals surface area contributed by atoms with Gasteiger partial charge in [0.05, 0.1) is 15.9 Å². The number of aryl methyl sites for hydroxylation is 2. The van der Waals surface area contributed by atoms with Crippen LogP contribution in [0.1, 0.15) is 55.6 Å². The Bertz CT molecular complexity index is 1470. The Labute approximate surface area is 226 Å². The molecule has 0 radical (unpaired) electrons. The lowest BCUT2D eigenvalue weighted by Crippen LogP contribution is -2.67. The number of hydrogen-bond acceptors (Lipinski definition) is 5. The van der Waals surface area contributed by atoms with E-state index in [9.17, 15) is 8.42 Å². The van der Waals surface area contributed by atoms with Gasteiger partial charge in [-0.1, -0.05) is 6.07 Å². The molecule has 4 fully saturated rings. The van der Waals surface area contributed by atoms with Crippen LogP contribution in [-0.4, -0.2) is 72.8 Å². The average Bonchev–Trinajstić information content (AvgIpc) is 3.61. The Kier molecular flexibility index (Phi) is 5.81. The van der Waals surface area contributed by atoms with Gasteiger partial charge in [-0.15, -0.1) is 0 Å². The molecule has 6 nitrogen and oxygen atoms in total. The number of rotatable bonds is 6. The number of likely N-dealkylation sites (tertiary alicyclic amines) is 2. The molecule has 2 aromatic carbocycles. The van der Waals surface area contributed by atoms with Crippen molar-refractivity contribution in [1.82, 2.24) is 19.4 Å². The summed E-state index contributed by atoms with van der Waals surface area (Å²) in [6.45, 7) is 8.71. The van der Waals surface area contributed by atoms with Gasteiger partial charge < -0.3 is 14.4 Å². The van der Waals surface area contributed by atoms with Crippen molar-refractivity contribution in [3.05, 3.63) is 47.5 Å². The first-order valence-electron chi connectivity index (χ1n) is 14.4. The van der Waals surface area contributed by atoms with Crippen molar-refractivity contribution >= 4 is 20.9 Å². The lowest BCUT2D eigenvalue weighted by molar-refractivity contribution is -0.113. The highest BCUT2D eigenvalue weighted by Gasteiger charge is 2.54. The highest BCUT2D eigenvalue weighted by atomic mass is 32.2. The van der Waals surface area contributed by atoms with Crippen molar-refractivity contribution in [2.24, 2.45) is 18.4 Å². The summed E-state index contributed by atoms with van der Waals surface area (Å²) in [5, 5.41) is 0. The van der Waals surface area contributed by atoms with E-state index in [-0.39, 0.29) is 0 Å². The zero-order chi connectivity index (χ0) is 26.2. The van der Waals surface area contributed by atoms with Gasteiger partial charge in [0.1, 0.15) is 5.82 Å². The number of aromatic nitrogens is 2. The molecule has 3 heterocycles. The van der Waals surface area contributed by atoms with E-state index in [1.165, 1.54) is 88.6 Å². The third kappa shape index (κ3) is 4.40. The Hall–Kier alpha value is -2.22. The molecule has 2 aliphatic heterocycles. The molecule has 202 valence electrons. The minimum atomic E-state index is -3.21. The zero-order valence-corrected chi connectivity index (χ0v) is 23.8. The Balaban J connectivity index is 1.02. The van der Waals surface area contributed by atoms with Crippen LogP contribution in [0.15, 0.2) is 41.3 Å². The smallest absolute Gasteiger partial charge is 0.175 e. The summed E-state index contributed by atoms with van der Waals surface area (Å²) >= 11 is 0. The van der Waals surface area contributed by atoms with Crippen LogP contribution in [0.3, 0.4) is 0 Å². The second kappa shape index (κ2) is 8.90. The van der Waals surface area contributed by atoms with E-state index in [1.807, 2.05) is 12.1 Å². The molecule has 0 unspecified atom stereocenters. The topological polar surface area (TPSA) is 58.4 Å². The first kappa shape index (κ1) is 24.8. The van der Waals surface area contributed by atoms with E-state index in [4.69, 9.17) is 4.98 Å². The first-order chi connectivity index (χ1) is 18.2. The van der Waals surface area contributed by atoms with Gasteiger partial charge in [-0.2, -0.15) is 0 Å². The Morgan fingerprint density at radius 1 is 1.00 bits per heavy atom. The van der Waals surface area contributed by atoms with Crippen LogP contribution >= 0.6 is 0 Å². The summed E-state index contributed by atoms with van der Waals surface area (Å²) in [6.07, 6.45) is 9.50. The predicted octanol–water partition coefficient (Wildman–Crippen LogP) is 5.01. The van der Waals surface area contributed by atoms with Crippen molar-refractivity contribution in [2.45, 2.75) is 62.3 Å². The van der Waals surface area contributed by atoms with Crippen molar-refractivity contribution in [3.8, 4) is 11.4 Å². The normalized spacial score (nSPS) is 23.1. The van der Waals surface area contributed by atoms with E-state index in [0.717, 1.165) is 34.4 Å². The molecule has 1 spiro atoms. The molecule has 2 aliphatic carbocycles. The molecule has 0 amide bonds. The molecule has 38 heavy (non-hydrogen) atoms. The van der Waals surface area contributed by atoms with Crippen LogP contribution < -0.4 is 0 Å². The molecule has 7 heteroatoms. The maximum absolute atomic E-state index is 11.9. The number of benzene rings is 2. The van der Waals surface area contributed by atoms with Crippen molar-refractivity contribution in [3.63, 3.8) is 0 Å². The minimum absolute atomic E-state index is 0.338. The lowest BCUT2D eigenvalue weighted by Gasteiger charge is -2.62. The monoisotopic (exact) mass is 532 g/mol. The largest absolute Gasteiger partial charge is 0.327 e. The van der Waals surface area contributed by atoms with E-state index in [2.05, 4.69) is 40.5 Å². The van der Waals surface area contributed by atoms with E-state index in [0.29, 0.717) is 16.2 Å². The molecular weight excluding hydrogens is 492 g/mol. The van der Waals surface area contributed by atoms with Gasteiger partial charge in [0.2, 0.25) is 0 Å². The summed E-state index contributed by atoms with van der Waals surface area (Å²) in [5.74, 6) is 2.51. The summed E-state index contributed by atoms with van der Waals surface area (Å²) in [5.41, 5.74) is 6.46. The van der Waals surface area contributed by atoms with Gasteiger partial charge in [-0.3, -0.25) is 0 Å². The van der Waals surface area contributed by atoms with Gasteiger partial charge in [-0.05, 0) is 117 Å². The fourth-order valence-corrected chi connectivity index (χ4v) is 8.21. The fourth-order valence-electron chi connectivity index (χ4n) is 7.58. The first-order valence-corrected chi connectivity index (χ1v) is 16.3. The van der Waals surface area contributed by atoms with Crippen molar-refractivity contribution < 1.29 is 8.42 Å². The predicted molar refractivity (Wildman–Crippen MR) is 152 cm³/mol. The molecule has 0 bridgehead atoms. The van der Waals surface area contributed by atoms with Crippen LogP contribution in [-0.2, 0) is 16.9 Å². The second-order valence-electron chi connectivity index (χ2n) is 13.0. The summed E-state index contributed by atoms with van der Waals surface area (Å²) in [7, 11) is -1.14. The number of imidazole rings is 1. The van der Waals surface area contributed by atoms with Gasteiger partial charge in [-0.25, -0.2) is 13.4 Å².